The van der Waals surface area contributed by atoms with Gasteiger partial charge in [0, 0.05) is 21.9 Å². The van der Waals surface area contributed by atoms with Crippen molar-refractivity contribution in [2.75, 3.05) is 0 Å². The maximum Gasteiger partial charge on any atom is 0.440 e. The Morgan fingerprint density at radius 3 is 2.46 bits per heavy atom. The summed E-state index contributed by atoms with van der Waals surface area (Å²) in [5.74, 6) is -0.347. The number of aromatic nitrogens is 2. The van der Waals surface area contributed by atoms with E-state index in [0.717, 1.165) is 15.6 Å². The van der Waals surface area contributed by atoms with Crippen molar-refractivity contribution in [3.8, 4) is 11.5 Å². The normalized spacial score (nSPS) is 14.1. The molecular formula is C19H21ClN3O3PS. The summed E-state index contributed by atoms with van der Waals surface area (Å²) in [5.41, 5.74) is 2.42. The van der Waals surface area contributed by atoms with Gasteiger partial charge < -0.3 is 8.97 Å². The Morgan fingerprint density at radius 1 is 1.21 bits per heavy atom. The van der Waals surface area contributed by atoms with Crippen molar-refractivity contribution in [1.82, 2.24) is 14.3 Å². The molecule has 0 aliphatic rings. The molecule has 3 atom stereocenters. The first kappa shape index (κ1) is 21.1. The van der Waals surface area contributed by atoms with Crippen LogP contribution in [0.25, 0.3) is 11.5 Å². The Hall–Kier alpha value is -1.63. The number of hydrogen-bond acceptors (Lipinski definition) is 5. The molecule has 0 saturated heterocycles. The van der Waals surface area contributed by atoms with Crippen LogP contribution in [0.3, 0.4) is 0 Å². The van der Waals surface area contributed by atoms with E-state index in [4.69, 9.17) is 16.0 Å². The van der Waals surface area contributed by atoms with Gasteiger partial charge in [-0.25, -0.2) is 4.79 Å². The molecule has 6 nitrogen and oxygen atoms in total. The monoisotopic (exact) mass is 437 g/mol. The van der Waals surface area contributed by atoms with Crippen molar-refractivity contribution in [2.45, 2.75) is 31.6 Å². The maximum absolute atomic E-state index is 12.8. The number of hydrogen-bond donors (Lipinski definition) is 1. The Labute approximate surface area is 173 Å². The highest BCUT2D eigenvalue weighted by Crippen LogP contribution is 2.29. The van der Waals surface area contributed by atoms with Gasteiger partial charge in [0.05, 0.1) is 0 Å². The van der Waals surface area contributed by atoms with Crippen molar-refractivity contribution in [2.24, 2.45) is 0 Å². The van der Waals surface area contributed by atoms with E-state index in [2.05, 4.69) is 19.2 Å². The summed E-state index contributed by atoms with van der Waals surface area (Å²) in [6.45, 7) is 5.73. The van der Waals surface area contributed by atoms with Crippen LogP contribution in [0.5, 0.6) is 0 Å². The van der Waals surface area contributed by atoms with Crippen LogP contribution in [0.2, 0.25) is 5.02 Å². The summed E-state index contributed by atoms with van der Waals surface area (Å²) in [4.78, 5) is 11.6. The molecule has 0 amide bonds. The second-order valence-electron chi connectivity index (χ2n) is 7.23. The molecule has 1 heterocycles. The van der Waals surface area contributed by atoms with Gasteiger partial charge in [0.15, 0.2) is 0 Å². The zero-order valence-electron chi connectivity index (χ0n) is 15.7. The first-order valence-corrected chi connectivity index (χ1v) is 10.6. The molecule has 0 aliphatic heterocycles. The smallest absolute Gasteiger partial charge is 0.440 e. The van der Waals surface area contributed by atoms with E-state index in [1.54, 1.807) is 18.2 Å². The Balaban J connectivity index is 2.03. The Bertz CT molecular complexity index is 1010. The highest BCUT2D eigenvalue weighted by atomic mass is 35.5. The van der Waals surface area contributed by atoms with Crippen LogP contribution < -0.4 is 10.5 Å². The van der Waals surface area contributed by atoms with Crippen LogP contribution in [0.4, 0.5) is 0 Å². The van der Waals surface area contributed by atoms with Crippen molar-refractivity contribution in [3.05, 3.63) is 75.2 Å². The molecule has 0 radical (unpaired) electrons. The van der Waals surface area contributed by atoms with Crippen LogP contribution in [-0.2, 0) is 11.4 Å². The quantitative estimate of drug-likeness (QED) is 0.483. The molecule has 0 saturated carbocycles. The third-order valence-electron chi connectivity index (χ3n) is 4.02. The Kier molecular flexibility index (Phi) is 6.32. The van der Waals surface area contributed by atoms with Gasteiger partial charge in [0.1, 0.15) is 10.8 Å². The molecule has 28 heavy (non-hydrogen) atoms. The molecule has 3 aromatic rings. The fourth-order valence-electron chi connectivity index (χ4n) is 2.52. The van der Waals surface area contributed by atoms with Gasteiger partial charge in [-0.2, -0.15) is 4.45 Å². The summed E-state index contributed by atoms with van der Waals surface area (Å²) in [5, 5.41) is 4.69. The van der Waals surface area contributed by atoms with Gasteiger partial charge in [-0.3, -0.25) is 0 Å². The largest absolute Gasteiger partial charge is 0.598 e. The summed E-state index contributed by atoms with van der Waals surface area (Å²) in [6, 6.07) is 14.5. The van der Waals surface area contributed by atoms with Crippen LogP contribution in [-0.4, -0.2) is 18.9 Å². The minimum Gasteiger partial charge on any atom is -0.598 e. The highest BCUT2D eigenvalue weighted by molar-refractivity contribution is 7.90. The zero-order valence-corrected chi connectivity index (χ0v) is 18.4. The summed E-state index contributed by atoms with van der Waals surface area (Å²) in [6.07, 6.45) is 0. The average molecular weight is 438 g/mol. The van der Waals surface area contributed by atoms with Gasteiger partial charge in [-0.15, -0.1) is 9.82 Å². The summed E-state index contributed by atoms with van der Waals surface area (Å²) in [7, 11) is 2.18. The van der Waals surface area contributed by atoms with Crippen LogP contribution >= 0.6 is 21.0 Å². The molecule has 0 aliphatic carbocycles. The molecule has 1 N–H and O–H groups in total. The molecular weight excluding hydrogens is 417 g/mol. The molecule has 0 bridgehead atoms. The lowest BCUT2D eigenvalue weighted by molar-refractivity contribution is 0.523. The topological polar surface area (TPSA) is 83.1 Å². The van der Waals surface area contributed by atoms with E-state index in [0.29, 0.717) is 10.6 Å². The van der Waals surface area contributed by atoms with Gasteiger partial charge in [-0.05, 0) is 65.6 Å². The first-order chi connectivity index (χ1) is 13.1. The highest BCUT2D eigenvalue weighted by Gasteiger charge is 2.30. The van der Waals surface area contributed by atoms with Crippen LogP contribution in [0.15, 0.2) is 57.7 Å². The summed E-state index contributed by atoms with van der Waals surface area (Å²) >= 11 is 4.72. The van der Waals surface area contributed by atoms with Crippen molar-refractivity contribution >= 4 is 32.4 Å². The van der Waals surface area contributed by atoms with Crippen molar-refractivity contribution in [3.63, 3.8) is 0 Å². The maximum atomic E-state index is 12.8. The van der Waals surface area contributed by atoms with Gasteiger partial charge in [-0.1, -0.05) is 35.9 Å². The van der Waals surface area contributed by atoms with Crippen LogP contribution in [0.1, 0.15) is 37.9 Å². The first-order valence-electron chi connectivity index (χ1n) is 8.54. The average Bonchev–Trinajstić information content (AvgIpc) is 2.98. The van der Waals surface area contributed by atoms with E-state index in [9.17, 15) is 9.35 Å². The molecule has 0 fully saturated rings. The molecule has 148 valence electrons. The second-order valence-corrected chi connectivity index (χ2v) is 10.2. The third kappa shape index (κ3) is 4.85. The second kappa shape index (κ2) is 8.39. The molecule has 3 rings (SSSR count). The number of benzene rings is 2. The van der Waals surface area contributed by atoms with E-state index >= 15 is 0 Å². The Morgan fingerprint density at radius 2 is 1.89 bits per heavy atom. The van der Waals surface area contributed by atoms with E-state index in [1.165, 1.54) is 0 Å². The predicted molar refractivity (Wildman–Crippen MR) is 116 cm³/mol. The lowest BCUT2D eigenvalue weighted by Gasteiger charge is -2.28. The van der Waals surface area contributed by atoms with E-state index in [-0.39, 0.29) is 11.9 Å². The fraction of sp³-hybridized carbons (Fsp3) is 0.263. The lowest BCUT2D eigenvalue weighted by atomic mass is 9.98. The van der Waals surface area contributed by atoms with Crippen molar-refractivity contribution in [1.29, 1.82) is 0 Å². The third-order valence-corrected chi connectivity index (χ3v) is 6.16. The van der Waals surface area contributed by atoms with E-state index in [1.807, 2.05) is 51.1 Å². The zero-order chi connectivity index (χ0) is 20.5. The minimum atomic E-state index is -1.30. The van der Waals surface area contributed by atoms with Gasteiger partial charge in [0.25, 0.3) is 0 Å². The van der Waals surface area contributed by atoms with Gasteiger partial charge in [0.2, 0.25) is 5.89 Å². The van der Waals surface area contributed by atoms with Crippen molar-refractivity contribution < 1.29 is 8.97 Å². The number of nitrogens with one attached hydrogen (secondary N) is 1. The predicted octanol–water partition coefficient (Wildman–Crippen LogP) is 3.94. The SMILES string of the molecule is CC(C)(C)[S@@+]([O-])N[C@@H](c1ccc(Cl)cc1)c1cccc(-c2nn(P)c(=O)o2)c1. The van der Waals surface area contributed by atoms with E-state index < -0.39 is 21.9 Å². The molecule has 2 aromatic carbocycles. The minimum absolute atomic E-state index is 0.216. The summed E-state index contributed by atoms with van der Waals surface area (Å²) < 4.78 is 21.8. The molecule has 9 heteroatoms. The van der Waals surface area contributed by atoms with Crippen LogP contribution in [0, 0.1) is 0 Å². The number of rotatable bonds is 5. The molecule has 0 spiro atoms. The number of halogens is 1. The molecule has 1 unspecified atom stereocenters. The standard InChI is InChI=1S/C19H21ClN3O3PS/c1-19(2,3)28(25)22-16(12-7-9-15(20)10-8-12)13-5-4-6-14(11-13)17-21-23(27)18(24)26-17/h4-11,16,22H,27H2,1-3H3/t16-,28+/m0/s1. The fourth-order valence-corrected chi connectivity index (χ4v) is 3.65. The molecule has 1 aromatic heterocycles. The number of nitrogens with zero attached hydrogens (tertiary/aromatic N) is 2. The lowest BCUT2D eigenvalue weighted by Crippen LogP contribution is -2.41. The van der Waals surface area contributed by atoms with Gasteiger partial charge >= 0.3 is 5.76 Å².